The first-order chi connectivity index (χ1) is 5.64. The van der Waals surface area contributed by atoms with E-state index in [0.29, 0.717) is 0 Å². The van der Waals surface area contributed by atoms with Crippen molar-refractivity contribution in [3.05, 3.63) is 0 Å². The maximum atomic E-state index is 10.7. The summed E-state index contributed by atoms with van der Waals surface area (Å²) in [6.45, 7) is 0. The van der Waals surface area contributed by atoms with Crippen molar-refractivity contribution in [2.75, 3.05) is 20.1 Å². The van der Waals surface area contributed by atoms with E-state index in [1.165, 1.54) is 19.7 Å². The van der Waals surface area contributed by atoms with Crippen LogP contribution in [0.15, 0.2) is 0 Å². The number of methoxy groups -OCH3 is 2. The molecule has 12 heavy (non-hydrogen) atoms. The van der Waals surface area contributed by atoms with Crippen molar-refractivity contribution in [3.8, 4) is 0 Å². The van der Waals surface area contributed by atoms with E-state index in [0.717, 1.165) is 0 Å². The van der Waals surface area contributed by atoms with Gasteiger partial charge in [0.05, 0.1) is 12.3 Å². The second-order valence-corrected chi connectivity index (χ2v) is 2.43. The van der Waals surface area contributed by atoms with Gasteiger partial charge in [0, 0.05) is 14.2 Å². The van der Waals surface area contributed by atoms with E-state index in [-0.39, 0.29) is 12.3 Å². The molecule has 0 radical (unpaired) electrons. The molecule has 1 amide bonds. The fourth-order valence-corrected chi connectivity index (χ4v) is 0.981. The van der Waals surface area contributed by atoms with Gasteiger partial charge in [-0.3, -0.25) is 10.0 Å². The summed E-state index contributed by atoms with van der Waals surface area (Å²) in [7, 11) is 2.74. The van der Waals surface area contributed by atoms with Crippen LogP contribution in [0.5, 0.6) is 0 Å². The summed E-state index contributed by atoms with van der Waals surface area (Å²) in [5.41, 5.74) is 1.47. The quantitative estimate of drug-likeness (QED) is 0.284. The van der Waals surface area contributed by atoms with Crippen molar-refractivity contribution in [1.29, 1.82) is 0 Å². The Balaban J connectivity index is 4.19. The molecule has 0 heterocycles. The number of rotatable bonds is 5. The van der Waals surface area contributed by atoms with E-state index < -0.39 is 11.7 Å². The Kier molecular flexibility index (Phi) is 5.16. The summed E-state index contributed by atoms with van der Waals surface area (Å²) in [4.78, 5) is 10.7. The van der Waals surface area contributed by atoms with Crippen LogP contribution in [0.2, 0.25) is 0 Å². The van der Waals surface area contributed by atoms with E-state index in [9.17, 15) is 4.79 Å². The first-order valence-electron chi connectivity index (χ1n) is 3.23. The van der Waals surface area contributed by atoms with E-state index >= 15 is 0 Å². The lowest BCUT2D eigenvalue weighted by atomic mass is 10.2. The summed E-state index contributed by atoms with van der Waals surface area (Å²) in [5, 5.41) is 8.23. The van der Waals surface area contributed by atoms with E-state index in [2.05, 4.69) is 0 Å². The second-order valence-electron chi connectivity index (χ2n) is 2.16. The zero-order valence-corrected chi connectivity index (χ0v) is 7.72. The average Bonchev–Trinajstić information content (AvgIpc) is 2.14. The molecule has 5 nitrogen and oxygen atoms in total. The Bertz CT molecular complexity index is 140. The fourth-order valence-electron chi connectivity index (χ4n) is 0.668. The molecule has 0 aromatic heterocycles. The molecule has 2 N–H and O–H groups in total. The molecule has 0 aromatic carbocycles. The predicted octanol–water partition coefficient (Wildman–Crippen LogP) is 0.110. The van der Waals surface area contributed by atoms with Crippen LogP contribution in [0.3, 0.4) is 0 Å². The molecule has 0 saturated carbocycles. The largest absolute Gasteiger partial charge is 0.352 e. The number of carbonyl (C=O) groups excluding carboxylic acids is 1. The van der Waals surface area contributed by atoms with E-state index in [1.807, 2.05) is 0 Å². The van der Waals surface area contributed by atoms with Gasteiger partial charge in [0.2, 0.25) is 5.91 Å². The monoisotopic (exact) mass is 197 g/mol. The smallest absolute Gasteiger partial charge is 0.248 e. The highest BCUT2D eigenvalue weighted by Gasteiger charge is 2.31. The van der Waals surface area contributed by atoms with Crippen molar-refractivity contribution in [2.45, 2.75) is 12.2 Å². The molecule has 0 aliphatic carbocycles. The topological polar surface area (TPSA) is 67.8 Å². The summed E-state index contributed by atoms with van der Waals surface area (Å²) in [6.07, 6.45) is -0.153. The maximum Gasteiger partial charge on any atom is 0.248 e. The van der Waals surface area contributed by atoms with Gasteiger partial charge in [0.25, 0.3) is 0 Å². The van der Waals surface area contributed by atoms with Crippen LogP contribution in [-0.4, -0.2) is 37.0 Å². The minimum atomic E-state index is -1.16. The van der Waals surface area contributed by atoms with Crippen molar-refractivity contribution in [3.63, 3.8) is 0 Å². The van der Waals surface area contributed by atoms with Gasteiger partial charge in [-0.1, -0.05) is 0 Å². The van der Waals surface area contributed by atoms with Gasteiger partial charge < -0.3 is 9.47 Å². The number of hydrogen-bond donors (Lipinski definition) is 2. The molecule has 0 aromatic rings. The minimum absolute atomic E-state index is 0.00736. The van der Waals surface area contributed by atoms with Gasteiger partial charge in [-0.25, -0.2) is 5.48 Å². The highest BCUT2D eigenvalue weighted by molar-refractivity contribution is 6.18. The lowest BCUT2D eigenvalue weighted by Crippen LogP contribution is -2.41. The second kappa shape index (κ2) is 5.31. The normalized spacial score (nSPS) is 11.3. The van der Waals surface area contributed by atoms with Gasteiger partial charge in [-0.05, 0) is 0 Å². The number of halogens is 1. The SMILES string of the molecule is COC(CCl)(CC(=O)NO)OC. The zero-order chi connectivity index (χ0) is 9.61. The summed E-state index contributed by atoms with van der Waals surface area (Å²) in [6, 6.07) is 0. The summed E-state index contributed by atoms with van der Waals surface area (Å²) >= 11 is 5.51. The molecule has 0 bridgehead atoms. The van der Waals surface area contributed by atoms with Crippen molar-refractivity contribution in [1.82, 2.24) is 5.48 Å². The Morgan fingerprint density at radius 3 is 2.33 bits per heavy atom. The lowest BCUT2D eigenvalue weighted by Gasteiger charge is -2.27. The van der Waals surface area contributed by atoms with Crippen molar-refractivity contribution < 1.29 is 19.5 Å². The Morgan fingerprint density at radius 2 is 2.08 bits per heavy atom. The fraction of sp³-hybridized carbons (Fsp3) is 0.833. The molecule has 0 aliphatic heterocycles. The number of amides is 1. The number of alkyl halides is 1. The molecule has 0 spiro atoms. The third-order valence-corrected chi connectivity index (χ3v) is 1.91. The predicted molar refractivity (Wildman–Crippen MR) is 42.0 cm³/mol. The summed E-state index contributed by atoms with van der Waals surface area (Å²) < 4.78 is 9.77. The first kappa shape index (κ1) is 11.6. The lowest BCUT2D eigenvalue weighted by molar-refractivity contribution is -0.198. The summed E-state index contributed by atoms with van der Waals surface area (Å²) in [5.74, 6) is -1.76. The minimum Gasteiger partial charge on any atom is -0.352 e. The van der Waals surface area contributed by atoms with Crippen LogP contribution in [0.25, 0.3) is 0 Å². The highest BCUT2D eigenvalue weighted by atomic mass is 35.5. The van der Waals surface area contributed by atoms with E-state index in [1.54, 1.807) is 0 Å². The Morgan fingerprint density at radius 1 is 1.58 bits per heavy atom. The van der Waals surface area contributed by atoms with Gasteiger partial charge in [0.1, 0.15) is 0 Å². The number of ether oxygens (including phenoxy) is 2. The van der Waals surface area contributed by atoms with Crippen LogP contribution in [0, 0.1) is 0 Å². The molecule has 0 unspecified atom stereocenters. The third kappa shape index (κ3) is 2.94. The number of carbonyl (C=O) groups is 1. The van der Waals surface area contributed by atoms with Gasteiger partial charge in [-0.2, -0.15) is 0 Å². The van der Waals surface area contributed by atoms with Crippen LogP contribution >= 0.6 is 11.6 Å². The number of hydrogen-bond acceptors (Lipinski definition) is 4. The van der Waals surface area contributed by atoms with Gasteiger partial charge in [-0.15, -0.1) is 11.6 Å². The maximum absolute atomic E-state index is 10.7. The number of nitrogens with one attached hydrogen (secondary N) is 1. The van der Waals surface area contributed by atoms with E-state index in [4.69, 9.17) is 26.3 Å². The third-order valence-electron chi connectivity index (χ3n) is 1.50. The van der Waals surface area contributed by atoms with Crippen LogP contribution in [0.1, 0.15) is 6.42 Å². The van der Waals surface area contributed by atoms with Crippen molar-refractivity contribution in [2.24, 2.45) is 0 Å². The molecule has 0 rings (SSSR count). The highest BCUT2D eigenvalue weighted by Crippen LogP contribution is 2.17. The van der Waals surface area contributed by atoms with Crippen LogP contribution in [-0.2, 0) is 14.3 Å². The van der Waals surface area contributed by atoms with Gasteiger partial charge in [0.15, 0.2) is 5.79 Å². The molecule has 0 saturated heterocycles. The molecule has 6 heteroatoms. The molecule has 0 fully saturated rings. The van der Waals surface area contributed by atoms with Crippen molar-refractivity contribution >= 4 is 17.5 Å². The number of hydroxylamine groups is 1. The molecular weight excluding hydrogens is 186 g/mol. The Labute approximate surface area is 75.6 Å². The average molecular weight is 198 g/mol. The van der Waals surface area contributed by atoms with Crippen LogP contribution < -0.4 is 5.48 Å². The molecule has 72 valence electrons. The van der Waals surface area contributed by atoms with Crippen LogP contribution in [0.4, 0.5) is 0 Å². The molecule has 0 aliphatic rings. The zero-order valence-electron chi connectivity index (χ0n) is 6.96. The molecule has 0 atom stereocenters. The Hall–Kier alpha value is -0.360. The van der Waals surface area contributed by atoms with Gasteiger partial charge >= 0.3 is 0 Å². The standard InChI is InChI=1S/C6H12ClNO4/c1-11-6(4-7,12-2)3-5(9)8-10/h10H,3-4H2,1-2H3,(H,8,9). The molecular formula is C6H12ClNO4. The first-order valence-corrected chi connectivity index (χ1v) is 3.76.